The van der Waals surface area contributed by atoms with Gasteiger partial charge in [0.1, 0.15) is 22.6 Å². The zero-order valence-corrected chi connectivity index (χ0v) is 21.6. The molecule has 6 atom stereocenters. The van der Waals surface area contributed by atoms with Gasteiger partial charge in [-0.25, -0.2) is 9.59 Å². The number of carbonyl (C=O) groups is 4. The first-order valence-electron chi connectivity index (χ1n) is 13.2. The summed E-state index contributed by atoms with van der Waals surface area (Å²) in [4.78, 5) is 48.2. The van der Waals surface area contributed by atoms with Crippen LogP contribution in [0.25, 0.3) is 0 Å². The predicted molar refractivity (Wildman–Crippen MR) is 135 cm³/mol. The van der Waals surface area contributed by atoms with Crippen LogP contribution in [0.1, 0.15) is 60.2 Å². The van der Waals surface area contributed by atoms with Crippen molar-refractivity contribution in [1.82, 2.24) is 0 Å². The molecule has 2 aromatic carbocycles. The summed E-state index contributed by atoms with van der Waals surface area (Å²) in [7, 11) is 0. The number of rotatable bonds is 8. The van der Waals surface area contributed by atoms with Crippen LogP contribution in [0, 0.1) is 35.5 Å². The summed E-state index contributed by atoms with van der Waals surface area (Å²) in [6.45, 7) is 3.28. The zero-order chi connectivity index (χ0) is 26.8. The van der Waals surface area contributed by atoms with E-state index in [1.165, 1.54) is 13.8 Å². The lowest BCUT2D eigenvalue weighted by Crippen LogP contribution is -2.28. The van der Waals surface area contributed by atoms with Gasteiger partial charge in [-0.1, -0.05) is 24.3 Å². The molecule has 0 aliphatic heterocycles. The summed E-state index contributed by atoms with van der Waals surface area (Å²) in [6.07, 6.45) is 4.22. The summed E-state index contributed by atoms with van der Waals surface area (Å²) in [5.74, 6) is 1.33. The highest BCUT2D eigenvalue weighted by molar-refractivity contribution is 5.94. The summed E-state index contributed by atoms with van der Waals surface area (Å²) < 4.78 is 21.6. The Balaban J connectivity index is 1.13. The van der Waals surface area contributed by atoms with E-state index in [-0.39, 0.29) is 28.5 Å². The molecule has 0 amide bonds. The van der Waals surface area contributed by atoms with Crippen LogP contribution in [-0.4, -0.2) is 37.1 Å². The monoisotopic (exact) mass is 520 g/mol. The van der Waals surface area contributed by atoms with Crippen LogP contribution in [0.15, 0.2) is 48.5 Å². The minimum absolute atomic E-state index is 0.208. The Morgan fingerprint density at radius 3 is 1.76 bits per heavy atom. The first-order valence-corrected chi connectivity index (χ1v) is 13.2. The lowest BCUT2D eigenvalue weighted by atomic mass is 9.76. The Morgan fingerprint density at radius 2 is 1.18 bits per heavy atom. The van der Waals surface area contributed by atoms with Crippen molar-refractivity contribution in [3.63, 3.8) is 0 Å². The molecule has 0 spiro atoms. The molecule has 3 fully saturated rings. The van der Waals surface area contributed by atoms with E-state index in [4.69, 9.17) is 18.9 Å². The van der Waals surface area contributed by atoms with E-state index in [9.17, 15) is 19.2 Å². The highest BCUT2D eigenvalue weighted by Gasteiger charge is 2.56. The number of carbonyl (C=O) groups excluding carboxylic acids is 4. The molecular formula is C30H32O8. The largest absolute Gasteiger partial charge is 0.462 e. The first-order chi connectivity index (χ1) is 18.3. The minimum atomic E-state index is -0.488. The summed E-state index contributed by atoms with van der Waals surface area (Å²) in [5, 5.41) is 0. The molecule has 3 aliphatic rings. The Bertz CT molecular complexity index is 1240. The molecule has 3 aliphatic carbocycles. The van der Waals surface area contributed by atoms with Crippen molar-refractivity contribution in [1.29, 1.82) is 0 Å². The predicted octanol–water partition coefficient (Wildman–Crippen LogP) is 4.85. The molecule has 8 nitrogen and oxygen atoms in total. The molecule has 0 N–H and O–H groups in total. The number of hydrogen-bond donors (Lipinski definition) is 0. The van der Waals surface area contributed by atoms with Crippen molar-refractivity contribution in [2.45, 2.75) is 39.5 Å². The Hall–Kier alpha value is -3.68. The van der Waals surface area contributed by atoms with E-state index >= 15 is 0 Å². The van der Waals surface area contributed by atoms with Gasteiger partial charge < -0.3 is 18.9 Å². The maximum atomic E-state index is 12.7. The molecule has 2 bridgehead atoms. The molecule has 200 valence electrons. The van der Waals surface area contributed by atoms with Crippen LogP contribution in [0.4, 0.5) is 0 Å². The van der Waals surface area contributed by atoms with E-state index in [0.717, 1.165) is 25.7 Å². The van der Waals surface area contributed by atoms with Gasteiger partial charge in [0, 0.05) is 13.8 Å². The third kappa shape index (κ3) is 5.44. The van der Waals surface area contributed by atoms with Gasteiger partial charge in [-0.2, -0.15) is 0 Å². The van der Waals surface area contributed by atoms with Crippen LogP contribution in [0.2, 0.25) is 0 Å². The number of ether oxygens (including phenoxy) is 4. The Kier molecular flexibility index (Phi) is 7.49. The maximum Gasteiger partial charge on any atom is 0.341 e. The van der Waals surface area contributed by atoms with Crippen LogP contribution < -0.4 is 9.47 Å². The molecule has 0 radical (unpaired) electrons. The summed E-state index contributed by atoms with van der Waals surface area (Å²) in [6, 6.07) is 13.2. The number of hydrogen-bond acceptors (Lipinski definition) is 8. The van der Waals surface area contributed by atoms with Gasteiger partial charge in [0.15, 0.2) is 0 Å². The number of benzene rings is 2. The molecule has 38 heavy (non-hydrogen) atoms. The Labute approximate surface area is 221 Å². The minimum Gasteiger partial charge on any atom is -0.462 e. The lowest BCUT2D eigenvalue weighted by Gasteiger charge is -2.31. The number of esters is 4. The van der Waals surface area contributed by atoms with Gasteiger partial charge in [-0.3, -0.25) is 9.59 Å². The van der Waals surface area contributed by atoms with Gasteiger partial charge >= 0.3 is 23.9 Å². The van der Waals surface area contributed by atoms with E-state index in [2.05, 4.69) is 0 Å². The van der Waals surface area contributed by atoms with E-state index in [1.807, 2.05) is 0 Å². The second kappa shape index (κ2) is 11.0. The molecule has 6 unspecified atom stereocenters. The normalized spacial score (nSPS) is 26.9. The third-order valence-corrected chi connectivity index (χ3v) is 8.30. The molecule has 2 aromatic rings. The first kappa shape index (κ1) is 25.9. The average molecular weight is 521 g/mol. The second-order valence-corrected chi connectivity index (χ2v) is 10.7. The molecule has 8 heteroatoms. The van der Waals surface area contributed by atoms with Crippen molar-refractivity contribution in [2.75, 3.05) is 13.2 Å². The maximum absolute atomic E-state index is 12.7. The van der Waals surface area contributed by atoms with Crippen molar-refractivity contribution < 1.29 is 38.1 Å². The molecule has 3 saturated carbocycles. The van der Waals surface area contributed by atoms with Crippen molar-refractivity contribution in [3.05, 3.63) is 59.7 Å². The van der Waals surface area contributed by atoms with Crippen LogP contribution >= 0.6 is 0 Å². The van der Waals surface area contributed by atoms with Crippen molar-refractivity contribution in [2.24, 2.45) is 35.5 Å². The number of para-hydroxylation sites is 2. The van der Waals surface area contributed by atoms with E-state index in [0.29, 0.717) is 42.8 Å². The standard InChI is InChI=1S/C30H32O8/c1-17(31)37-27-9-5-3-7-22(27)29(33)35-15-19-11-24-20-13-21(25(14-20)26(24)12-19)16-36-30(34)23-8-4-6-10-28(23)38-18(2)32/h3-10,19-21,24-26H,11-16H2,1-2H3. The molecular weight excluding hydrogens is 488 g/mol. The SMILES string of the molecule is CC(=O)Oc1ccccc1C(=O)OCC1CC2C3CC(COC(=O)c4ccccc4OC(C)=O)C(C3)C2C1. The molecule has 0 heterocycles. The molecule has 0 aromatic heterocycles. The van der Waals surface area contributed by atoms with Gasteiger partial charge in [0.05, 0.1) is 13.2 Å². The van der Waals surface area contributed by atoms with Crippen LogP contribution in [0.5, 0.6) is 11.5 Å². The lowest BCUT2D eigenvalue weighted by molar-refractivity contribution is -0.132. The van der Waals surface area contributed by atoms with Crippen molar-refractivity contribution >= 4 is 23.9 Å². The van der Waals surface area contributed by atoms with Gasteiger partial charge in [0.2, 0.25) is 0 Å². The van der Waals surface area contributed by atoms with Crippen LogP contribution in [-0.2, 0) is 19.1 Å². The Morgan fingerprint density at radius 1 is 0.658 bits per heavy atom. The van der Waals surface area contributed by atoms with E-state index < -0.39 is 23.9 Å². The smallest absolute Gasteiger partial charge is 0.341 e. The fourth-order valence-electron chi connectivity index (χ4n) is 6.94. The highest BCUT2D eigenvalue weighted by Crippen LogP contribution is 2.62. The highest BCUT2D eigenvalue weighted by atomic mass is 16.6. The van der Waals surface area contributed by atoms with Gasteiger partial charge in [-0.05, 0) is 85.5 Å². The molecule has 0 saturated heterocycles. The summed E-state index contributed by atoms with van der Waals surface area (Å²) >= 11 is 0. The van der Waals surface area contributed by atoms with E-state index in [1.54, 1.807) is 48.5 Å². The van der Waals surface area contributed by atoms with Crippen molar-refractivity contribution in [3.8, 4) is 11.5 Å². The quantitative estimate of drug-likeness (QED) is 0.359. The second-order valence-electron chi connectivity index (χ2n) is 10.7. The fraction of sp³-hybridized carbons (Fsp3) is 0.467. The third-order valence-electron chi connectivity index (χ3n) is 8.30. The topological polar surface area (TPSA) is 105 Å². The molecule has 5 rings (SSSR count). The van der Waals surface area contributed by atoms with Crippen LogP contribution in [0.3, 0.4) is 0 Å². The van der Waals surface area contributed by atoms with Gasteiger partial charge in [-0.15, -0.1) is 0 Å². The average Bonchev–Trinajstić information content (AvgIpc) is 3.58. The number of fused-ring (bicyclic) bond motifs is 5. The van der Waals surface area contributed by atoms with Gasteiger partial charge in [0.25, 0.3) is 0 Å². The summed E-state index contributed by atoms with van der Waals surface area (Å²) in [5.41, 5.74) is 0.500. The zero-order valence-electron chi connectivity index (χ0n) is 21.6. The fourth-order valence-corrected chi connectivity index (χ4v) is 6.94.